The number of anilines is 1. The Balaban J connectivity index is 1.85. The molecule has 30 heavy (non-hydrogen) atoms. The van der Waals surface area contributed by atoms with Crippen molar-refractivity contribution in [3.63, 3.8) is 0 Å². The molecule has 0 fully saturated rings. The number of halogens is 3. The number of imidazole rings is 1. The summed E-state index contributed by atoms with van der Waals surface area (Å²) in [6.07, 6.45) is 1.12. The Kier molecular flexibility index (Phi) is 8.16. The highest BCUT2D eigenvalue weighted by Crippen LogP contribution is 2.18. The van der Waals surface area contributed by atoms with Crippen molar-refractivity contribution in [3.05, 3.63) is 54.1 Å². The summed E-state index contributed by atoms with van der Waals surface area (Å²) in [6, 6.07) is 6.81. The Morgan fingerprint density at radius 3 is 2.60 bits per heavy atom. The van der Waals surface area contributed by atoms with E-state index < -0.39 is 18.7 Å². The zero-order valence-electron chi connectivity index (χ0n) is 16.6. The number of aromatic nitrogens is 2. The average molecular weight is 424 g/mol. The number of likely N-dealkylation sites (N-methyl/N-ethyl adjacent to an activating group) is 1. The summed E-state index contributed by atoms with van der Waals surface area (Å²) in [7, 11) is 1.62. The van der Waals surface area contributed by atoms with Crippen LogP contribution in [0.3, 0.4) is 0 Å². The normalized spacial score (nSPS) is 11.8. The van der Waals surface area contributed by atoms with Crippen LogP contribution in [-0.2, 0) is 27.4 Å². The summed E-state index contributed by atoms with van der Waals surface area (Å²) >= 11 is 0. The lowest BCUT2D eigenvalue weighted by Crippen LogP contribution is -2.31. The van der Waals surface area contributed by atoms with E-state index in [9.17, 15) is 22.8 Å². The first kappa shape index (κ1) is 23.1. The second-order valence-corrected chi connectivity index (χ2v) is 6.51. The van der Waals surface area contributed by atoms with Crippen molar-refractivity contribution in [2.45, 2.75) is 26.2 Å². The first-order valence-corrected chi connectivity index (χ1v) is 9.16. The molecule has 0 radical (unpaired) electrons. The smallest absolute Gasteiger partial charge is 0.406 e. The third-order valence-corrected chi connectivity index (χ3v) is 3.87. The van der Waals surface area contributed by atoms with E-state index in [2.05, 4.69) is 10.3 Å². The fourth-order valence-electron chi connectivity index (χ4n) is 2.60. The van der Waals surface area contributed by atoms with Gasteiger partial charge in [-0.25, -0.2) is 9.78 Å². The number of esters is 1. The van der Waals surface area contributed by atoms with Crippen LogP contribution in [0, 0.1) is 0 Å². The molecule has 0 saturated carbocycles. The number of alkyl halides is 3. The van der Waals surface area contributed by atoms with E-state index in [1.54, 1.807) is 49.2 Å². The van der Waals surface area contributed by atoms with Crippen LogP contribution in [0.1, 0.15) is 18.3 Å². The van der Waals surface area contributed by atoms with Crippen molar-refractivity contribution in [2.75, 3.05) is 25.5 Å². The highest BCUT2D eigenvalue weighted by molar-refractivity contribution is 5.92. The number of hydrogen-bond donors (Lipinski definition) is 1. The number of nitrogens with one attached hydrogen (secondary N) is 1. The molecule has 1 N–H and O–H groups in total. The summed E-state index contributed by atoms with van der Waals surface area (Å²) in [5.74, 6) is -0.532. The SMILES string of the molecule is CCOC(=O)/C=C/c1ccc(NC(=O)CN(C)Cc2nccn2CC(F)(F)F)cc1. The molecule has 10 heteroatoms. The highest BCUT2D eigenvalue weighted by atomic mass is 19.4. The fourth-order valence-corrected chi connectivity index (χ4v) is 2.60. The van der Waals surface area contributed by atoms with Crippen LogP contribution in [0.25, 0.3) is 6.08 Å². The molecule has 0 saturated heterocycles. The monoisotopic (exact) mass is 424 g/mol. The van der Waals surface area contributed by atoms with E-state index in [0.717, 1.165) is 10.1 Å². The number of carbonyl (C=O) groups is 2. The van der Waals surface area contributed by atoms with Gasteiger partial charge in [-0.05, 0) is 37.7 Å². The summed E-state index contributed by atoms with van der Waals surface area (Å²) in [4.78, 5) is 29.0. The van der Waals surface area contributed by atoms with Crippen LogP contribution in [0.2, 0.25) is 0 Å². The molecule has 0 spiro atoms. The summed E-state index contributed by atoms with van der Waals surface area (Å²) in [6.45, 7) is 0.959. The molecule has 162 valence electrons. The number of carbonyl (C=O) groups excluding carboxylic acids is 2. The van der Waals surface area contributed by atoms with Crippen LogP contribution in [0.15, 0.2) is 42.7 Å². The number of benzene rings is 1. The van der Waals surface area contributed by atoms with Gasteiger partial charge >= 0.3 is 12.1 Å². The van der Waals surface area contributed by atoms with E-state index in [4.69, 9.17) is 4.74 Å². The zero-order valence-corrected chi connectivity index (χ0v) is 16.6. The van der Waals surface area contributed by atoms with Gasteiger partial charge < -0.3 is 14.6 Å². The third-order valence-electron chi connectivity index (χ3n) is 3.87. The van der Waals surface area contributed by atoms with Crippen molar-refractivity contribution in [1.29, 1.82) is 0 Å². The first-order valence-electron chi connectivity index (χ1n) is 9.16. The number of ether oxygens (including phenoxy) is 1. The Morgan fingerprint density at radius 2 is 1.97 bits per heavy atom. The Bertz CT molecular complexity index is 876. The summed E-state index contributed by atoms with van der Waals surface area (Å²) < 4.78 is 43.6. The van der Waals surface area contributed by atoms with Crippen LogP contribution in [0.4, 0.5) is 18.9 Å². The van der Waals surface area contributed by atoms with Crippen LogP contribution in [0.5, 0.6) is 0 Å². The second-order valence-electron chi connectivity index (χ2n) is 6.51. The van der Waals surface area contributed by atoms with E-state index >= 15 is 0 Å². The van der Waals surface area contributed by atoms with Gasteiger partial charge in [0.15, 0.2) is 0 Å². The van der Waals surface area contributed by atoms with Gasteiger partial charge in [0, 0.05) is 24.2 Å². The molecule has 1 amide bonds. The Morgan fingerprint density at radius 1 is 1.27 bits per heavy atom. The van der Waals surface area contributed by atoms with Gasteiger partial charge in [-0.1, -0.05) is 12.1 Å². The lowest BCUT2D eigenvalue weighted by Gasteiger charge is -2.17. The van der Waals surface area contributed by atoms with Gasteiger partial charge in [0.05, 0.1) is 19.7 Å². The number of nitrogens with zero attached hydrogens (tertiary/aromatic N) is 3. The van der Waals surface area contributed by atoms with Gasteiger partial charge in [-0.15, -0.1) is 0 Å². The number of rotatable bonds is 9. The molecule has 2 aromatic rings. The van der Waals surface area contributed by atoms with Gasteiger partial charge in [-0.3, -0.25) is 9.69 Å². The molecule has 0 aliphatic carbocycles. The highest BCUT2D eigenvalue weighted by Gasteiger charge is 2.29. The van der Waals surface area contributed by atoms with Gasteiger partial charge in [0.2, 0.25) is 5.91 Å². The third kappa shape index (κ3) is 8.08. The molecular formula is C20H23F3N4O3. The van der Waals surface area contributed by atoms with E-state index in [-0.39, 0.29) is 24.8 Å². The molecule has 0 atom stereocenters. The van der Waals surface area contributed by atoms with Gasteiger partial charge in [0.1, 0.15) is 12.4 Å². The predicted molar refractivity (Wildman–Crippen MR) is 105 cm³/mol. The van der Waals surface area contributed by atoms with Crippen LogP contribution < -0.4 is 5.32 Å². The number of hydrogen-bond acceptors (Lipinski definition) is 5. The van der Waals surface area contributed by atoms with Crippen molar-refractivity contribution >= 4 is 23.6 Å². The zero-order chi connectivity index (χ0) is 22.1. The molecule has 0 unspecified atom stereocenters. The molecule has 1 aromatic heterocycles. The Labute approximate surface area is 172 Å². The second kappa shape index (κ2) is 10.6. The molecule has 1 heterocycles. The van der Waals surface area contributed by atoms with E-state index in [1.807, 2.05) is 0 Å². The lowest BCUT2D eigenvalue weighted by molar-refractivity contribution is -0.141. The first-order chi connectivity index (χ1) is 14.2. The minimum atomic E-state index is -4.34. The fraction of sp³-hybridized carbons (Fsp3) is 0.350. The van der Waals surface area contributed by atoms with E-state index in [0.29, 0.717) is 12.3 Å². The summed E-state index contributed by atoms with van der Waals surface area (Å²) in [5.41, 5.74) is 1.31. The lowest BCUT2D eigenvalue weighted by atomic mass is 10.2. The maximum atomic E-state index is 12.6. The molecular weight excluding hydrogens is 401 g/mol. The summed E-state index contributed by atoms with van der Waals surface area (Å²) in [5, 5.41) is 2.71. The Hall–Kier alpha value is -3.14. The van der Waals surface area contributed by atoms with Crippen molar-refractivity contribution in [1.82, 2.24) is 14.5 Å². The predicted octanol–water partition coefficient (Wildman–Crippen LogP) is 3.09. The molecule has 1 aromatic carbocycles. The van der Waals surface area contributed by atoms with Crippen molar-refractivity contribution in [3.8, 4) is 0 Å². The van der Waals surface area contributed by atoms with Crippen LogP contribution >= 0.6 is 0 Å². The minimum Gasteiger partial charge on any atom is -0.463 e. The maximum Gasteiger partial charge on any atom is 0.406 e. The number of amides is 1. The minimum absolute atomic E-state index is 0.0244. The van der Waals surface area contributed by atoms with Crippen molar-refractivity contribution in [2.24, 2.45) is 0 Å². The molecule has 0 aliphatic heterocycles. The van der Waals surface area contributed by atoms with E-state index in [1.165, 1.54) is 18.5 Å². The quantitative estimate of drug-likeness (QED) is 0.495. The van der Waals surface area contributed by atoms with Gasteiger partial charge in [0.25, 0.3) is 0 Å². The maximum absolute atomic E-state index is 12.6. The average Bonchev–Trinajstić information content (AvgIpc) is 3.06. The molecule has 2 rings (SSSR count). The molecule has 7 nitrogen and oxygen atoms in total. The van der Waals surface area contributed by atoms with Crippen LogP contribution in [-0.4, -0.2) is 52.7 Å². The topological polar surface area (TPSA) is 76.5 Å². The molecule has 0 aliphatic rings. The van der Waals surface area contributed by atoms with Crippen molar-refractivity contribution < 1.29 is 27.5 Å². The standard InChI is InChI=1S/C20H23F3N4O3/c1-3-30-19(29)9-6-15-4-7-16(8-5-15)25-18(28)13-26(2)12-17-24-10-11-27(17)14-20(21,22)23/h4-11H,3,12-14H2,1-2H3,(H,25,28)/b9-6+. The largest absolute Gasteiger partial charge is 0.463 e. The van der Waals surface area contributed by atoms with Gasteiger partial charge in [-0.2, -0.15) is 13.2 Å². The molecule has 0 bridgehead atoms.